The van der Waals surface area contributed by atoms with E-state index in [4.69, 9.17) is 0 Å². The molecule has 0 unspecified atom stereocenters. The third-order valence-corrected chi connectivity index (χ3v) is 5.85. The molecule has 3 heterocycles. The lowest BCUT2D eigenvalue weighted by Crippen LogP contribution is -2.43. The molecule has 28 heavy (non-hydrogen) atoms. The number of carbonyl (C=O) groups is 1. The molecule has 4 rings (SSSR count). The highest BCUT2D eigenvalue weighted by atomic mass is 32.1. The first-order chi connectivity index (χ1) is 13.6. The number of amides is 2. The van der Waals surface area contributed by atoms with Crippen molar-refractivity contribution >= 4 is 22.5 Å². The van der Waals surface area contributed by atoms with Gasteiger partial charge in [-0.25, -0.2) is 9.48 Å². The summed E-state index contributed by atoms with van der Waals surface area (Å²) in [7, 11) is 0. The maximum atomic E-state index is 12.7. The molecule has 0 saturated carbocycles. The normalized spacial score (nSPS) is 17.1. The van der Waals surface area contributed by atoms with Gasteiger partial charge in [0.2, 0.25) is 5.13 Å². The van der Waals surface area contributed by atoms with Gasteiger partial charge in [-0.15, -0.1) is 15.3 Å². The van der Waals surface area contributed by atoms with Crippen LogP contribution >= 0.6 is 11.3 Å². The number of benzene rings is 1. The molecule has 0 spiro atoms. The van der Waals surface area contributed by atoms with Gasteiger partial charge in [0, 0.05) is 24.8 Å². The number of piperidine rings is 1. The van der Waals surface area contributed by atoms with E-state index in [2.05, 4.69) is 63.9 Å². The second kappa shape index (κ2) is 8.05. The first-order valence-corrected chi connectivity index (χ1v) is 10.3. The highest BCUT2D eigenvalue weighted by molar-refractivity contribution is 7.18. The minimum atomic E-state index is -0.150. The molecule has 1 saturated heterocycles. The molecule has 1 fully saturated rings. The number of urea groups is 1. The first kappa shape index (κ1) is 18.5. The van der Waals surface area contributed by atoms with E-state index < -0.39 is 0 Å². The van der Waals surface area contributed by atoms with Gasteiger partial charge in [0.25, 0.3) is 0 Å². The van der Waals surface area contributed by atoms with Crippen LogP contribution in [-0.4, -0.2) is 49.2 Å². The van der Waals surface area contributed by atoms with Gasteiger partial charge < -0.3 is 4.90 Å². The summed E-state index contributed by atoms with van der Waals surface area (Å²) < 4.78 is 1.82. The number of nitrogens with one attached hydrogen (secondary N) is 1. The number of likely N-dealkylation sites (tertiary alicyclic amines) is 1. The van der Waals surface area contributed by atoms with E-state index in [1.165, 1.54) is 16.9 Å². The maximum Gasteiger partial charge on any atom is 0.323 e. The van der Waals surface area contributed by atoms with E-state index in [-0.39, 0.29) is 12.1 Å². The molecule has 1 aromatic carbocycles. The lowest BCUT2D eigenvalue weighted by atomic mass is 10.0. The fraction of sp³-hybridized carbons (Fsp3) is 0.421. The molecule has 1 N–H and O–H groups in total. The molecule has 1 aliphatic heterocycles. The van der Waals surface area contributed by atoms with Gasteiger partial charge >= 0.3 is 6.03 Å². The smallest absolute Gasteiger partial charge is 0.322 e. The molecule has 3 aromatic rings. The molecule has 0 aliphatic carbocycles. The molecule has 0 radical (unpaired) electrons. The summed E-state index contributed by atoms with van der Waals surface area (Å²) in [5, 5.41) is 20.5. The van der Waals surface area contributed by atoms with Crippen LogP contribution in [0.2, 0.25) is 0 Å². The summed E-state index contributed by atoms with van der Waals surface area (Å²) in [6.45, 7) is 5.67. The second-order valence-corrected chi connectivity index (χ2v) is 8.22. The molecular formula is C19H23N7OS. The summed E-state index contributed by atoms with van der Waals surface area (Å²) in [4.78, 5) is 14.5. The Labute approximate surface area is 167 Å². The number of anilines is 1. The topological polar surface area (TPSA) is 88.8 Å². The van der Waals surface area contributed by atoms with E-state index >= 15 is 0 Å². The van der Waals surface area contributed by atoms with Crippen molar-refractivity contribution in [2.45, 2.75) is 38.6 Å². The van der Waals surface area contributed by atoms with Crippen molar-refractivity contribution in [1.82, 2.24) is 30.1 Å². The van der Waals surface area contributed by atoms with Crippen LogP contribution in [0, 0.1) is 0 Å². The van der Waals surface area contributed by atoms with Gasteiger partial charge in [-0.2, -0.15) is 0 Å². The van der Waals surface area contributed by atoms with Crippen LogP contribution in [-0.2, 0) is 0 Å². The highest BCUT2D eigenvalue weighted by Gasteiger charge is 2.26. The largest absolute Gasteiger partial charge is 0.323 e. The first-order valence-electron chi connectivity index (χ1n) is 9.45. The Morgan fingerprint density at radius 3 is 2.79 bits per heavy atom. The van der Waals surface area contributed by atoms with Crippen LogP contribution in [0.4, 0.5) is 9.93 Å². The number of aromatic nitrogens is 5. The molecule has 2 amide bonds. The minimum absolute atomic E-state index is 0.150. The average Bonchev–Trinajstić information content (AvgIpc) is 3.40. The third kappa shape index (κ3) is 4.04. The Morgan fingerprint density at radius 2 is 2.07 bits per heavy atom. The van der Waals surface area contributed by atoms with E-state index in [0.717, 1.165) is 30.0 Å². The highest BCUT2D eigenvalue weighted by Crippen LogP contribution is 2.28. The van der Waals surface area contributed by atoms with Crippen LogP contribution in [0.25, 0.3) is 10.6 Å². The van der Waals surface area contributed by atoms with Gasteiger partial charge in [0.05, 0.1) is 12.2 Å². The molecule has 1 aliphatic rings. The molecular weight excluding hydrogens is 374 g/mol. The fourth-order valence-electron chi connectivity index (χ4n) is 3.34. The number of nitrogens with zero attached hydrogens (tertiary/aromatic N) is 6. The van der Waals surface area contributed by atoms with Crippen molar-refractivity contribution < 1.29 is 4.79 Å². The zero-order valence-electron chi connectivity index (χ0n) is 15.9. The lowest BCUT2D eigenvalue weighted by molar-refractivity contribution is 0.174. The standard InChI is InChI=1S/C19H23N7OS/c1-13(2)14-5-7-15(8-6-14)17-22-23-18(28-17)21-19(27)25-10-3-4-16(12-25)26-11-9-20-24-26/h5-9,11,13,16H,3-4,10,12H2,1-2H3,(H,21,23,27)/t16-/m0/s1. The van der Waals surface area contributed by atoms with Gasteiger partial charge in [-0.3, -0.25) is 5.32 Å². The number of rotatable bonds is 4. The SMILES string of the molecule is CC(C)c1ccc(-c2nnc(NC(=O)N3CCC[C@H](n4ccnn4)C3)s2)cc1. The summed E-state index contributed by atoms with van der Waals surface area (Å²) in [6, 6.07) is 8.33. The summed E-state index contributed by atoms with van der Waals surface area (Å²) in [6.07, 6.45) is 5.42. The van der Waals surface area contributed by atoms with Crippen LogP contribution < -0.4 is 5.32 Å². The fourth-order valence-corrected chi connectivity index (χ4v) is 4.08. The van der Waals surface area contributed by atoms with Crippen molar-refractivity contribution in [3.63, 3.8) is 0 Å². The average molecular weight is 398 g/mol. The van der Waals surface area contributed by atoms with Crippen molar-refractivity contribution in [3.05, 3.63) is 42.2 Å². The number of hydrogen-bond donors (Lipinski definition) is 1. The predicted molar refractivity (Wildman–Crippen MR) is 108 cm³/mol. The monoisotopic (exact) mass is 397 g/mol. The van der Waals surface area contributed by atoms with Crippen LogP contribution in [0.5, 0.6) is 0 Å². The predicted octanol–water partition coefficient (Wildman–Crippen LogP) is 3.79. The van der Waals surface area contributed by atoms with Gasteiger partial charge in [0.1, 0.15) is 5.01 Å². The zero-order chi connectivity index (χ0) is 19.5. The molecule has 146 valence electrons. The van der Waals surface area contributed by atoms with Crippen molar-refractivity contribution in [3.8, 4) is 10.6 Å². The Hall–Kier alpha value is -2.81. The second-order valence-electron chi connectivity index (χ2n) is 7.24. The quantitative estimate of drug-likeness (QED) is 0.723. The summed E-state index contributed by atoms with van der Waals surface area (Å²) >= 11 is 1.38. The molecule has 0 bridgehead atoms. The molecule has 9 heteroatoms. The van der Waals surface area contributed by atoms with Gasteiger partial charge in [0.15, 0.2) is 0 Å². The number of hydrogen-bond acceptors (Lipinski definition) is 6. The van der Waals surface area contributed by atoms with Gasteiger partial charge in [-0.1, -0.05) is 54.7 Å². The van der Waals surface area contributed by atoms with Crippen LogP contribution in [0.1, 0.15) is 44.2 Å². The lowest BCUT2D eigenvalue weighted by Gasteiger charge is -2.32. The Bertz CT molecular complexity index is 920. The van der Waals surface area contributed by atoms with E-state index in [1.807, 2.05) is 10.9 Å². The van der Waals surface area contributed by atoms with E-state index in [9.17, 15) is 4.79 Å². The zero-order valence-corrected chi connectivity index (χ0v) is 16.8. The van der Waals surface area contributed by atoms with E-state index in [0.29, 0.717) is 17.6 Å². The summed E-state index contributed by atoms with van der Waals surface area (Å²) in [5.74, 6) is 0.490. The Balaban J connectivity index is 1.40. The van der Waals surface area contributed by atoms with Crippen LogP contribution in [0.15, 0.2) is 36.7 Å². The Kier molecular flexibility index (Phi) is 5.34. The third-order valence-electron chi connectivity index (χ3n) is 4.96. The van der Waals surface area contributed by atoms with E-state index in [1.54, 1.807) is 11.1 Å². The molecule has 1 atom stereocenters. The minimum Gasteiger partial charge on any atom is -0.322 e. The molecule has 8 nitrogen and oxygen atoms in total. The van der Waals surface area contributed by atoms with Crippen molar-refractivity contribution in [2.75, 3.05) is 18.4 Å². The van der Waals surface area contributed by atoms with Crippen molar-refractivity contribution in [2.24, 2.45) is 0 Å². The molecule has 2 aromatic heterocycles. The van der Waals surface area contributed by atoms with Crippen LogP contribution in [0.3, 0.4) is 0 Å². The van der Waals surface area contributed by atoms with Gasteiger partial charge in [-0.05, 0) is 24.3 Å². The number of carbonyl (C=O) groups excluding carboxylic acids is 1. The Morgan fingerprint density at radius 1 is 1.25 bits per heavy atom. The summed E-state index contributed by atoms with van der Waals surface area (Å²) in [5.41, 5.74) is 2.29. The maximum absolute atomic E-state index is 12.7. The van der Waals surface area contributed by atoms with Crippen molar-refractivity contribution in [1.29, 1.82) is 0 Å².